The molecule has 1 atom stereocenters. The fourth-order valence-electron chi connectivity index (χ4n) is 7.11. The van der Waals surface area contributed by atoms with Gasteiger partial charge in [0.15, 0.2) is 0 Å². The van der Waals surface area contributed by atoms with Crippen LogP contribution in [-0.4, -0.2) is 79.8 Å². The first kappa shape index (κ1) is 44.8. The standard InChI is InChI=1S/C50H64O8/c1-4-5-6-7-8-12-19-49(57-37-36-55-33-32-53-30-31-54-34-35-56-39-41-20-21-42-15-13-14-16-43(42)38-41)40-58-50(44-17-10-9-11-18-44,45-22-26-47(51-2)27-23-45)46-24-28-48(52-3)29-25-46/h9-11,13-18,20-29,38,49H,4-8,12,19,30-37,39-40H2,1-3H3/t49-/m1/s1. The highest BCUT2D eigenvalue weighted by molar-refractivity contribution is 5.82. The molecule has 0 aliphatic carbocycles. The average Bonchev–Trinajstić information content (AvgIpc) is 3.28. The van der Waals surface area contributed by atoms with Gasteiger partial charge in [-0.2, -0.15) is 0 Å². The Morgan fingerprint density at radius 3 is 1.60 bits per heavy atom. The largest absolute Gasteiger partial charge is 0.497 e. The van der Waals surface area contributed by atoms with E-state index >= 15 is 0 Å². The minimum absolute atomic E-state index is 0.112. The maximum Gasteiger partial charge on any atom is 0.143 e. The summed E-state index contributed by atoms with van der Waals surface area (Å²) in [7, 11) is 3.37. The lowest BCUT2D eigenvalue weighted by molar-refractivity contribution is -0.0802. The summed E-state index contributed by atoms with van der Waals surface area (Å²) in [6, 6.07) is 41.5. The fourth-order valence-corrected chi connectivity index (χ4v) is 7.11. The Balaban J connectivity index is 1.08. The summed E-state index contributed by atoms with van der Waals surface area (Å²) >= 11 is 0. The summed E-state index contributed by atoms with van der Waals surface area (Å²) < 4.78 is 47.9. The maximum atomic E-state index is 7.20. The van der Waals surface area contributed by atoms with Gasteiger partial charge in [-0.05, 0) is 69.8 Å². The number of unbranched alkanes of at least 4 members (excludes halogenated alkanes) is 5. The third kappa shape index (κ3) is 14.2. The lowest BCUT2D eigenvalue weighted by Crippen LogP contribution is -2.36. The van der Waals surface area contributed by atoms with Crippen molar-refractivity contribution in [3.63, 3.8) is 0 Å². The van der Waals surface area contributed by atoms with Crippen LogP contribution in [0.1, 0.15) is 74.1 Å². The molecule has 0 bridgehead atoms. The second kappa shape index (κ2) is 25.9. The van der Waals surface area contributed by atoms with Gasteiger partial charge < -0.3 is 37.9 Å². The number of fused-ring (bicyclic) bond motifs is 1. The van der Waals surface area contributed by atoms with Crippen molar-refractivity contribution in [2.75, 3.05) is 73.7 Å². The molecule has 5 aromatic rings. The van der Waals surface area contributed by atoms with Gasteiger partial charge in [0, 0.05) is 0 Å². The molecule has 312 valence electrons. The van der Waals surface area contributed by atoms with Crippen LogP contribution in [0.4, 0.5) is 0 Å². The van der Waals surface area contributed by atoms with E-state index in [1.165, 1.54) is 42.9 Å². The summed E-state index contributed by atoms with van der Waals surface area (Å²) in [4.78, 5) is 0. The first-order valence-corrected chi connectivity index (χ1v) is 21.0. The zero-order valence-corrected chi connectivity index (χ0v) is 34.9. The molecule has 0 saturated heterocycles. The Labute approximate surface area is 346 Å². The number of ether oxygens (including phenoxy) is 8. The molecule has 0 radical (unpaired) electrons. The van der Waals surface area contributed by atoms with Crippen LogP contribution in [-0.2, 0) is 40.6 Å². The van der Waals surface area contributed by atoms with Crippen LogP contribution in [0.3, 0.4) is 0 Å². The molecule has 0 amide bonds. The topological polar surface area (TPSA) is 73.8 Å². The molecule has 0 heterocycles. The Hall–Kier alpha value is -4.28. The van der Waals surface area contributed by atoms with Crippen LogP contribution in [0, 0.1) is 0 Å². The van der Waals surface area contributed by atoms with Gasteiger partial charge in [-0.3, -0.25) is 0 Å². The molecule has 0 fully saturated rings. The van der Waals surface area contributed by atoms with Crippen molar-refractivity contribution < 1.29 is 37.9 Å². The minimum atomic E-state index is -0.898. The van der Waals surface area contributed by atoms with Crippen molar-refractivity contribution >= 4 is 10.8 Å². The van der Waals surface area contributed by atoms with E-state index in [2.05, 4.69) is 97.9 Å². The predicted molar refractivity (Wildman–Crippen MR) is 232 cm³/mol. The molecule has 5 aromatic carbocycles. The molecule has 58 heavy (non-hydrogen) atoms. The molecule has 8 heteroatoms. The third-order valence-electron chi connectivity index (χ3n) is 10.3. The number of hydrogen-bond acceptors (Lipinski definition) is 8. The Kier molecular flexibility index (Phi) is 20.1. The van der Waals surface area contributed by atoms with Crippen LogP contribution in [0.25, 0.3) is 10.8 Å². The molecule has 0 spiro atoms. The van der Waals surface area contributed by atoms with Crippen LogP contribution in [0.5, 0.6) is 11.5 Å². The third-order valence-corrected chi connectivity index (χ3v) is 10.3. The van der Waals surface area contributed by atoms with Crippen molar-refractivity contribution in [1.29, 1.82) is 0 Å². The Bertz CT molecular complexity index is 1760. The highest BCUT2D eigenvalue weighted by Gasteiger charge is 2.38. The number of hydrogen-bond donors (Lipinski definition) is 0. The smallest absolute Gasteiger partial charge is 0.143 e. The molecule has 0 N–H and O–H groups in total. The van der Waals surface area contributed by atoms with E-state index in [1.54, 1.807) is 14.2 Å². The van der Waals surface area contributed by atoms with Crippen molar-refractivity contribution in [2.45, 2.75) is 70.2 Å². The summed E-state index contributed by atoms with van der Waals surface area (Å²) in [6.07, 6.45) is 8.07. The van der Waals surface area contributed by atoms with Gasteiger partial charge in [-0.25, -0.2) is 0 Å². The lowest BCUT2D eigenvalue weighted by Gasteiger charge is -2.37. The van der Waals surface area contributed by atoms with Gasteiger partial charge in [-0.15, -0.1) is 0 Å². The zero-order valence-electron chi connectivity index (χ0n) is 34.9. The van der Waals surface area contributed by atoms with E-state index in [0.29, 0.717) is 66.1 Å². The van der Waals surface area contributed by atoms with Crippen LogP contribution in [0.15, 0.2) is 121 Å². The van der Waals surface area contributed by atoms with Gasteiger partial charge in [0.2, 0.25) is 0 Å². The van der Waals surface area contributed by atoms with E-state index in [0.717, 1.165) is 46.6 Å². The summed E-state index contributed by atoms with van der Waals surface area (Å²) in [5.41, 5.74) is 3.30. The zero-order chi connectivity index (χ0) is 40.5. The van der Waals surface area contributed by atoms with E-state index in [1.807, 2.05) is 30.3 Å². The predicted octanol–water partition coefficient (Wildman–Crippen LogP) is 10.6. The number of benzene rings is 5. The molecule has 5 rings (SSSR count). The van der Waals surface area contributed by atoms with Crippen molar-refractivity contribution in [3.05, 3.63) is 144 Å². The SMILES string of the molecule is CCCCCCCC[C@H](COC(c1ccccc1)(c1ccc(OC)cc1)c1ccc(OC)cc1)OCCOCCOCCOCCOCc1ccc2ccccc2c1. The molecule has 0 aliphatic heterocycles. The Morgan fingerprint density at radius 2 is 1.00 bits per heavy atom. The molecular formula is C50H64O8. The average molecular weight is 793 g/mol. The maximum absolute atomic E-state index is 7.20. The lowest BCUT2D eigenvalue weighted by atomic mass is 9.80. The minimum Gasteiger partial charge on any atom is -0.497 e. The van der Waals surface area contributed by atoms with E-state index in [9.17, 15) is 0 Å². The van der Waals surface area contributed by atoms with Crippen molar-refractivity contribution in [1.82, 2.24) is 0 Å². The molecule has 0 aromatic heterocycles. The highest BCUT2D eigenvalue weighted by Crippen LogP contribution is 2.42. The summed E-state index contributed by atoms with van der Waals surface area (Å²) in [6.45, 7) is 7.24. The second-order valence-corrected chi connectivity index (χ2v) is 14.4. The summed E-state index contributed by atoms with van der Waals surface area (Å²) in [5.74, 6) is 1.58. The first-order valence-electron chi connectivity index (χ1n) is 21.0. The summed E-state index contributed by atoms with van der Waals surface area (Å²) in [5, 5.41) is 2.46. The fraction of sp³-hybridized carbons (Fsp3) is 0.440. The normalized spacial score (nSPS) is 12.2. The van der Waals surface area contributed by atoms with Gasteiger partial charge in [0.25, 0.3) is 0 Å². The van der Waals surface area contributed by atoms with Gasteiger partial charge >= 0.3 is 0 Å². The molecule has 0 unspecified atom stereocenters. The quantitative estimate of drug-likeness (QED) is 0.0336. The van der Waals surface area contributed by atoms with E-state index in [4.69, 9.17) is 37.9 Å². The Morgan fingerprint density at radius 1 is 0.483 bits per heavy atom. The van der Waals surface area contributed by atoms with Crippen molar-refractivity contribution in [2.24, 2.45) is 0 Å². The second-order valence-electron chi connectivity index (χ2n) is 14.4. The molecule has 0 saturated carbocycles. The van der Waals surface area contributed by atoms with Gasteiger partial charge in [0.1, 0.15) is 17.1 Å². The van der Waals surface area contributed by atoms with Crippen LogP contribution < -0.4 is 9.47 Å². The number of methoxy groups -OCH3 is 2. The van der Waals surface area contributed by atoms with Crippen LogP contribution in [0.2, 0.25) is 0 Å². The first-order chi connectivity index (χ1) is 28.7. The van der Waals surface area contributed by atoms with E-state index in [-0.39, 0.29) is 6.10 Å². The molecular weight excluding hydrogens is 729 g/mol. The molecule has 0 aliphatic rings. The monoisotopic (exact) mass is 792 g/mol. The van der Waals surface area contributed by atoms with Gasteiger partial charge in [-0.1, -0.05) is 136 Å². The van der Waals surface area contributed by atoms with E-state index < -0.39 is 5.60 Å². The molecule has 8 nitrogen and oxygen atoms in total. The number of rotatable bonds is 30. The van der Waals surface area contributed by atoms with Gasteiger partial charge in [0.05, 0.1) is 86.4 Å². The van der Waals surface area contributed by atoms with Crippen molar-refractivity contribution in [3.8, 4) is 11.5 Å². The highest BCUT2D eigenvalue weighted by atomic mass is 16.6. The van der Waals surface area contributed by atoms with Crippen LogP contribution >= 0.6 is 0 Å².